The van der Waals surface area contributed by atoms with Crippen LogP contribution in [0.5, 0.6) is 5.75 Å². The number of aryl methyl sites for hydroxylation is 1. The van der Waals surface area contributed by atoms with Crippen LogP contribution in [0.2, 0.25) is 5.02 Å². The lowest BCUT2D eigenvalue weighted by molar-refractivity contribution is -0.162. The third-order valence-corrected chi connectivity index (χ3v) is 5.40. The number of halogens is 1. The zero-order chi connectivity index (χ0) is 16.4. The fourth-order valence-corrected chi connectivity index (χ4v) is 4.18. The first-order valence-corrected chi connectivity index (χ1v) is 9.58. The van der Waals surface area contributed by atoms with Crippen molar-refractivity contribution in [2.24, 2.45) is 0 Å². The SMILES string of the molecule is Clc1cc(CCCCOC2CCCCO2)c2c(c1)[C@H]1C=CC[C@H]1O2. The zero-order valence-corrected chi connectivity index (χ0v) is 14.8. The summed E-state index contributed by atoms with van der Waals surface area (Å²) < 4.78 is 17.6. The fourth-order valence-electron chi connectivity index (χ4n) is 3.93. The molecule has 0 radical (unpaired) electrons. The van der Waals surface area contributed by atoms with Crippen molar-refractivity contribution in [3.63, 3.8) is 0 Å². The van der Waals surface area contributed by atoms with Gasteiger partial charge >= 0.3 is 0 Å². The van der Waals surface area contributed by atoms with E-state index in [4.69, 9.17) is 25.8 Å². The van der Waals surface area contributed by atoms with Crippen molar-refractivity contribution in [3.05, 3.63) is 40.4 Å². The molecule has 3 nitrogen and oxygen atoms in total. The van der Waals surface area contributed by atoms with Gasteiger partial charge in [0.25, 0.3) is 0 Å². The van der Waals surface area contributed by atoms with Crippen LogP contribution in [0.4, 0.5) is 0 Å². The van der Waals surface area contributed by atoms with Crippen LogP contribution in [-0.2, 0) is 15.9 Å². The van der Waals surface area contributed by atoms with E-state index >= 15 is 0 Å². The molecule has 1 saturated heterocycles. The first-order valence-electron chi connectivity index (χ1n) is 9.20. The van der Waals surface area contributed by atoms with E-state index in [9.17, 15) is 0 Å². The van der Waals surface area contributed by atoms with Gasteiger partial charge in [-0.2, -0.15) is 0 Å². The van der Waals surface area contributed by atoms with Gasteiger partial charge in [0.15, 0.2) is 6.29 Å². The molecule has 1 aromatic rings. The van der Waals surface area contributed by atoms with E-state index < -0.39 is 0 Å². The Morgan fingerprint density at radius 1 is 1.21 bits per heavy atom. The van der Waals surface area contributed by atoms with Crippen molar-refractivity contribution < 1.29 is 14.2 Å². The van der Waals surface area contributed by atoms with Crippen molar-refractivity contribution in [2.45, 2.75) is 63.3 Å². The van der Waals surface area contributed by atoms with E-state index in [1.807, 2.05) is 0 Å². The summed E-state index contributed by atoms with van der Waals surface area (Å²) in [4.78, 5) is 0. The Hall–Kier alpha value is -1.03. The Kier molecular flexibility index (Phi) is 5.11. The third-order valence-electron chi connectivity index (χ3n) is 5.18. The van der Waals surface area contributed by atoms with Crippen LogP contribution in [0.15, 0.2) is 24.3 Å². The standard InChI is InChI=1S/C20H25ClO3/c21-15-12-14(6-1-3-10-22-19-9-2-4-11-23-19)20-17(13-15)16-7-5-8-18(16)24-20/h5,7,12-13,16,18-19H,1-4,6,8-11H2/t16-,18-,19?/m1/s1. The molecular formula is C20H25ClO3. The summed E-state index contributed by atoms with van der Waals surface area (Å²) in [7, 11) is 0. The fraction of sp³-hybridized carbons (Fsp3) is 0.600. The minimum atomic E-state index is 0.0173. The molecule has 2 aliphatic heterocycles. The minimum absolute atomic E-state index is 0.0173. The molecule has 0 spiro atoms. The summed E-state index contributed by atoms with van der Waals surface area (Å²) in [5.74, 6) is 1.47. The lowest BCUT2D eigenvalue weighted by Gasteiger charge is -2.22. The molecule has 0 N–H and O–H groups in total. The molecule has 1 aliphatic carbocycles. The van der Waals surface area contributed by atoms with Gasteiger partial charge in [0.1, 0.15) is 11.9 Å². The van der Waals surface area contributed by atoms with Gasteiger partial charge in [0.2, 0.25) is 0 Å². The highest BCUT2D eigenvalue weighted by molar-refractivity contribution is 6.30. The predicted molar refractivity (Wildman–Crippen MR) is 94.8 cm³/mol. The van der Waals surface area contributed by atoms with Crippen molar-refractivity contribution in [1.29, 1.82) is 0 Å². The lowest BCUT2D eigenvalue weighted by Crippen LogP contribution is -2.22. The van der Waals surface area contributed by atoms with Crippen LogP contribution in [-0.4, -0.2) is 25.6 Å². The lowest BCUT2D eigenvalue weighted by atomic mass is 9.95. The number of hydrogen-bond acceptors (Lipinski definition) is 3. The van der Waals surface area contributed by atoms with Crippen molar-refractivity contribution in [2.75, 3.05) is 13.2 Å². The summed E-state index contributed by atoms with van der Waals surface area (Å²) in [6.07, 6.45) is 12.3. The Labute approximate surface area is 148 Å². The predicted octanol–water partition coefficient (Wildman–Crippen LogP) is 5.01. The van der Waals surface area contributed by atoms with Crippen LogP contribution in [0, 0.1) is 0 Å². The number of ether oxygens (including phenoxy) is 3. The van der Waals surface area contributed by atoms with E-state index in [-0.39, 0.29) is 12.4 Å². The monoisotopic (exact) mass is 348 g/mol. The molecule has 0 bridgehead atoms. The molecule has 2 heterocycles. The van der Waals surface area contributed by atoms with Crippen LogP contribution in [0.25, 0.3) is 0 Å². The largest absolute Gasteiger partial charge is 0.489 e. The smallest absolute Gasteiger partial charge is 0.157 e. The zero-order valence-electron chi connectivity index (χ0n) is 14.0. The van der Waals surface area contributed by atoms with Gasteiger partial charge in [-0.15, -0.1) is 0 Å². The maximum atomic E-state index is 6.34. The number of unbranched alkanes of at least 4 members (excludes halogenated alkanes) is 1. The summed E-state index contributed by atoms with van der Waals surface area (Å²) in [5, 5.41) is 0.820. The summed E-state index contributed by atoms with van der Waals surface area (Å²) in [6, 6.07) is 4.14. The molecule has 3 aliphatic rings. The molecule has 0 saturated carbocycles. The average molecular weight is 349 g/mol. The number of benzene rings is 1. The van der Waals surface area contributed by atoms with E-state index in [2.05, 4.69) is 24.3 Å². The second-order valence-electron chi connectivity index (χ2n) is 6.95. The molecule has 24 heavy (non-hydrogen) atoms. The summed E-state index contributed by atoms with van der Waals surface area (Å²) in [6.45, 7) is 1.61. The van der Waals surface area contributed by atoms with Crippen molar-refractivity contribution >= 4 is 11.6 Å². The van der Waals surface area contributed by atoms with Crippen LogP contribution in [0.3, 0.4) is 0 Å². The summed E-state index contributed by atoms with van der Waals surface area (Å²) in [5.41, 5.74) is 2.51. The minimum Gasteiger partial charge on any atom is -0.489 e. The highest BCUT2D eigenvalue weighted by atomic mass is 35.5. The van der Waals surface area contributed by atoms with Crippen molar-refractivity contribution in [1.82, 2.24) is 0 Å². The second-order valence-corrected chi connectivity index (χ2v) is 7.39. The first kappa shape index (κ1) is 16.4. The van der Waals surface area contributed by atoms with Gasteiger partial charge in [-0.3, -0.25) is 0 Å². The maximum Gasteiger partial charge on any atom is 0.157 e. The van der Waals surface area contributed by atoms with E-state index in [1.165, 1.54) is 17.5 Å². The third kappa shape index (κ3) is 3.49. The van der Waals surface area contributed by atoms with Crippen LogP contribution >= 0.6 is 11.6 Å². The average Bonchev–Trinajstić information content (AvgIpc) is 3.17. The van der Waals surface area contributed by atoms with E-state index in [0.717, 1.165) is 62.5 Å². The highest BCUT2D eigenvalue weighted by Gasteiger charge is 2.36. The molecule has 4 rings (SSSR count). The topological polar surface area (TPSA) is 27.7 Å². The highest BCUT2D eigenvalue weighted by Crippen LogP contribution is 2.46. The molecule has 0 amide bonds. The second kappa shape index (κ2) is 7.47. The first-order chi connectivity index (χ1) is 11.8. The Balaban J connectivity index is 1.30. The molecule has 1 fully saturated rings. The van der Waals surface area contributed by atoms with E-state index in [1.54, 1.807) is 0 Å². The number of rotatable bonds is 6. The van der Waals surface area contributed by atoms with Gasteiger partial charge < -0.3 is 14.2 Å². The maximum absolute atomic E-state index is 6.34. The van der Waals surface area contributed by atoms with Gasteiger partial charge in [0, 0.05) is 36.1 Å². The molecule has 130 valence electrons. The Morgan fingerprint density at radius 2 is 2.17 bits per heavy atom. The van der Waals surface area contributed by atoms with Gasteiger partial charge in [-0.25, -0.2) is 0 Å². The molecule has 3 atom stereocenters. The van der Waals surface area contributed by atoms with Gasteiger partial charge in [-0.05, 0) is 56.2 Å². The number of hydrogen-bond donors (Lipinski definition) is 0. The van der Waals surface area contributed by atoms with Gasteiger partial charge in [-0.1, -0.05) is 23.8 Å². The van der Waals surface area contributed by atoms with Crippen molar-refractivity contribution in [3.8, 4) is 5.75 Å². The molecule has 1 unspecified atom stereocenters. The van der Waals surface area contributed by atoms with Crippen LogP contribution in [0.1, 0.15) is 55.6 Å². The molecule has 0 aromatic heterocycles. The van der Waals surface area contributed by atoms with Crippen LogP contribution < -0.4 is 4.74 Å². The van der Waals surface area contributed by atoms with Gasteiger partial charge in [0.05, 0.1) is 0 Å². The quantitative estimate of drug-likeness (QED) is 0.534. The molecule has 4 heteroatoms. The Morgan fingerprint density at radius 3 is 3.04 bits per heavy atom. The number of fused-ring (bicyclic) bond motifs is 3. The summed E-state index contributed by atoms with van der Waals surface area (Å²) >= 11 is 6.34. The Bertz CT molecular complexity index is 607. The molecular weight excluding hydrogens is 324 g/mol. The van der Waals surface area contributed by atoms with E-state index in [0.29, 0.717) is 5.92 Å². The normalized spacial score (nSPS) is 27.8. The molecule has 1 aromatic carbocycles.